The molecule has 0 aliphatic carbocycles. The summed E-state index contributed by atoms with van der Waals surface area (Å²) in [6, 6.07) is 6.14. The second kappa shape index (κ2) is 12.3. The Morgan fingerprint density at radius 1 is 1.27 bits per heavy atom. The van der Waals surface area contributed by atoms with Crippen LogP contribution >= 0.6 is 24.0 Å². The summed E-state index contributed by atoms with van der Waals surface area (Å²) in [5.74, 6) is 1.34. The second-order valence-electron chi connectivity index (χ2n) is 7.51. The van der Waals surface area contributed by atoms with E-state index in [-0.39, 0.29) is 47.7 Å². The first kappa shape index (κ1) is 24.6. The highest BCUT2D eigenvalue weighted by atomic mass is 127. The molecule has 7 nitrogen and oxygen atoms in total. The summed E-state index contributed by atoms with van der Waals surface area (Å²) >= 11 is 0. The van der Waals surface area contributed by atoms with Gasteiger partial charge in [0.25, 0.3) is 0 Å². The average Bonchev–Trinajstić information content (AvgIpc) is 2.75. The third-order valence-corrected chi connectivity index (χ3v) is 5.36. The number of rotatable bonds is 5. The summed E-state index contributed by atoms with van der Waals surface area (Å²) in [4.78, 5) is 21.2. The summed E-state index contributed by atoms with van der Waals surface area (Å²) in [5.41, 5.74) is 0. The average molecular weight is 534 g/mol. The van der Waals surface area contributed by atoms with Crippen LogP contribution in [0.2, 0.25) is 0 Å². The monoisotopic (exact) mass is 534 g/mol. The number of hydrogen-bond donors (Lipinski definition) is 1. The van der Waals surface area contributed by atoms with Crippen molar-refractivity contribution in [1.82, 2.24) is 15.1 Å². The third-order valence-electron chi connectivity index (χ3n) is 5.36. The van der Waals surface area contributed by atoms with Crippen molar-refractivity contribution >= 4 is 35.8 Å². The minimum atomic E-state index is -0.312. The molecule has 1 unspecified atom stereocenters. The van der Waals surface area contributed by atoms with E-state index in [1.54, 1.807) is 19.2 Å². The Morgan fingerprint density at radius 3 is 2.60 bits per heavy atom. The van der Waals surface area contributed by atoms with Crippen LogP contribution in [-0.2, 0) is 9.53 Å². The Labute approximate surface area is 195 Å². The van der Waals surface area contributed by atoms with E-state index in [9.17, 15) is 9.18 Å². The number of benzene rings is 1. The van der Waals surface area contributed by atoms with Crippen molar-refractivity contribution in [1.29, 1.82) is 0 Å². The molecule has 1 aromatic rings. The van der Waals surface area contributed by atoms with Gasteiger partial charge in [-0.15, -0.1) is 24.0 Å². The molecule has 1 N–H and O–H groups in total. The third kappa shape index (κ3) is 6.97. The summed E-state index contributed by atoms with van der Waals surface area (Å²) in [6.07, 6.45) is 1.51. The first-order chi connectivity index (χ1) is 14.1. The summed E-state index contributed by atoms with van der Waals surface area (Å²) in [7, 11) is 1.76. The smallest absolute Gasteiger partial charge is 0.225 e. The molecule has 0 bridgehead atoms. The largest absolute Gasteiger partial charge is 0.489 e. The van der Waals surface area contributed by atoms with E-state index in [1.165, 1.54) is 12.1 Å². The molecule has 0 radical (unpaired) electrons. The van der Waals surface area contributed by atoms with Crippen molar-refractivity contribution in [2.75, 3.05) is 53.0 Å². The standard InChI is InChI=1S/C21H31FN4O3.HI/c1-16(29-19-5-3-4-18(22)14-19)15-24-21(23-2)26-8-6-17(7-9-26)20(27)25-10-12-28-13-11-25;/h3-5,14,16-17H,6-13,15H2,1-2H3,(H,23,24);1H. The van der Waals surface area contributed by atoms with Gasteiger partial charge in [-0.25, -0.2) is 4.39 Å². The van der Waals surface area contributed by atoms with Crippen LogP contribution in [0.1, 0.15) is 19.8 Å². The van der Waals surface area contributed by atoms with Gasteiger partial charge in [0.15, 0.2) is 5.96 Å². The van der Waals surface area contributed by atoms with Crippen molar-refractivity contribution in [2.24, 2.45) is 10.9 Å². The van der Waals surface area contributed by atoms with E-state index >= 15 is 0 Å². The molecule has 2 fully saturated rings. The van der Waals surface area contributed by atoms with Crippen LogP contribution in [0.15, 0.2) is 29.3 Å². The van der Waals surface area contributed by atoms with Gasteiger partial charge in [-0.1, -0.05) is 6.07 Å². The van der Waals surface area contributed by atoms with E-state index in [1.807, 2.05) is 11.8 Å². The number of carbonyl (C=O) groups excluding carboxylic acids is 1. The number of ether oxygens (including phenoxy) is 2. The molecule has 2 saturated heterocycles. The number of nitrogens with one attached hydrogen (secondary N) is 1. The van der Waals surface area contributed by atoms with Crippen LogP contribution in [0.5, 0.6) is 5.75 Å². The second-order valence-corrected chi connectivity index (χ2v) is 7.51. The minimum Gasteiger partial charge on any atom is -0.489 e. The van der Waals surface area contributed by atoms with Crippen molar-refractivity contribution in [3.63, 3.8) is 0 Å². The number of likely N-dealkylation sites (tertiary alicyclic amines) is 1. The predicted molar refractivity (Wildman–Crippen MR) is 125 cm³/mol. The lowest BCUT2D eigenvalue weighted by Crippen LogP contribution is -2.50. The number of morpholine rings is 1. The summed E-state index contributed by atoms with van der Waals surface area (Å²) in [5, 5.41) is 3.33. The highest BCUT2D eigenvalue weighted by Gasteiger charge is 2.30. The Hall–Kier alpha value is -1.62. The Kier molecular flexibility index (Phi) is 10.1. The fourth-order valence-electron chi connectivity index (χ4n) is 3.76. The molecule has 30 heavy (non-hydrogen) atoms. The maximum absolute atomic E-state index is 13.3. The maximum atomic E-state index is 13.3. The lowest BCUT2D eigenvalue weighted by molar-refractivity contribution is -0.140. The van der Waals surface area contributed by atoms with Gasteiger partial charge >= 0.3 is 0 Å². The molecule has 1 aromatic carbocycles. The molecule has 1 atom stereocenters. The van der Waals surface area contributed by atoms with Gasteiger partial charge in [-0.2, -0.15) is 0 Å². The zero-order valence-electron chi connectivity index (χ0n) is 17.7. The molecule has 0 spiro atoms. The van der Waals surface area contributed by atoms with Crippen LogP contribution in [0.25, 0.3) is 0 Å². The van der Waals surface area contributed by atoms with Crippen molar-refractivity contribution in [3.05, 3.63) is 30.1 Å². The van der Waals surface area contributed by atoms with Gasteiger partial charge in [0.2, 0.25) is 5.91 Å². The first-order valence-electron chi connectivity index (χ1n) is 10.3. The number of aliphatic imine (C=N–C) groups is 1. The number of amides is 1. The van der Waals surface area contributed by atoms with Crippen molar-refractivity contribution in [3.8, 4) is 5.75 Å². The van der Waals surface area contributed by atoms with Crippen LogP contribution in [0.3, 0.4) is 0 Å². The molecule has 2 aliphatic heterocycles. The lowest BCUT2D eigenvalue weighted by Gasteiger charge is -2.37. The number of piperidine rings is 1. The Bertz CT molecular complexity index is 707. The zero-order valence-corrected chi connectivity index (χ0v) is 20.0. The van der Waals surface area contributed by atoms with Gasteiger partial charge in [-0.05, 0) is 31.9 Å². The van der Waals surface area contributed by atoms with Gasteiger partial charge < -0.3 is 24.6 Å². The van der Waals surface area contributed by atoms with Gasteiger partial charge in [0, 0.05) is 45.2 Å². The SMILES string of the molecule is CN=C(NCC(C)Oc1cccc(F)c1)N1CCC(C(=O)N2CCOCC2)CC1.I. The van der Waals surface area contributed by atoms with Gasteiger partial charge in [0.05, 0.1) is 19.8 Å². The first-order valence-corrected chi connectivity index (χ1v) is 10.3. The van der Waals surface area contributed by atoms with E-state index in [4.69, 9.17) is 9.47 Å². The molecule has 168 valence electrons. The Balaban J connectivity index is 0.00000320. The molecule has 2 aliphatic rings. The lowest BCUT2D eigenvalue weighted by atomic mass is 9.95. The topological polar surface area (TPSA) is 66.4 Å². The number of halogens is 2. The number of hydrogen-bond acceptors (Lipinski definition) is 4. The molecule has 0 aromatic heterocycles. The fraction of sp³-hybridized carbons (Fsp3) is 0.619. The molecule has 0 saturated carbocycles. The molecular formula is C21H32FIN4O3. The normalized spacial score (nSPS) is 19.1. The van der Waals surface area contributed by atoms with Crippen molar-refractivity contribution < 1.29 is 18.7 Å². The van der Waals surface area contributed by atoms with Gasteiger partial charge in [0.1, 0.15) is 17.7 Å². The molecular weight excluding hydrogens is 502 g/mol. The highest BCUT2D eigenvalue weighted by molar-refractivity contribution is 14.0. The minimum absolute atomic E-state index is 0. The quantitative estimate of drug-likeness (QED) is 0.357. The summed E-state index contributed by atoms with van der Waals surface area (Å²) in [6.45, 7) is 6.73. The number of guanidine groups is 1. The van der Waals surface area contributed by atoms with Crippen LogP contribution < -0.4 is 10.1 Å². The van der Waals surface area contributed by atoms with Crippen LogP contribution in [0.4, 0.5) is 4.39 Å². The van der Waals surface area contributed by atoms with E-state index in [0.717, 1.165) is 31.9 Å². The van der Waals surface area contributed by atoms with Crippen molar-refractivity contribution in [2.45, 2.75) is 25.9 Å². The van der Waals surface area contributed by atoms with Crippen LogP contribution in [-0.4, -0.2) is 80.8 Å². The summed E-state index contributed by atoms with van der Waals surface area (Å²) < 4.78 is 24.4. The van der Waals surface area contributed by atoms with Gasteiger partial charge in [-0.3, -0.25) is 9.79 Å². The van der Waals surface area contributed by atoms with E-state index in [0.29, 0.717) is 38.6 Å². The molecule has 2 heterocycles. The van der Waals surface area contributed by atoms with Crippen LogP contribution in [0, 0.1) is 11.7 Å². The highest BCUT2D eigenvalue weighted by Crippen LogP contribution is 2.20. The molecule has 1 amide bonds. The maximum Gasteiger partial charge on any atom is 0.225 e. The number of nitrogens with zero attached hydrogens (tertiary/aromatic N) is 3. The number of carbonyl (C=O) groups is 1. The molecule has 9 heteroatoms. The van der Waals surface area contributed by atoms with E-state index < -0.39 is 0 Å². The predicted octanol–water partition coefficient (Wildman–Crippen LogP) is 2.36. The Morgan fingerprint density at radius 2 is 1.97 bits per heavy atom. The molecule has 3 rings (SSSR count). The van der Waals surface area contributed by atoms with E-state index in [2.05, 4.69) is 15.2 Å². The zero-order chi connectivity index (χ0) is 20.6. The fourth-order valence-corrected chi connectivity index (χ4v) is 3.76.